The van der Waals surface area contributed by atoms with E-state index < -0.39 is 17.7 Å². The largest absolute Gasteiger partial charge is 0.508 e. The molecular formula is C16H20O5. The maximum absolute atomic E-state index is 12.1. The van der Waals surface area contributed by atoms with Gasteiger partial charge in [0.05, 0.1) is 11.5 Å². The quantitative estimate of drug-likeness (QED) is 0.408. The molecule has 1 atom stereocenters. The van der Waals surface area contributed by atoms with Gasteiger partial charge in [-0.25, -0.2) is 0 Å². The van der Waals surface area contributed by atoms with Crippen LogP contribution in [-0.2, 0) is 4.79 Å². The predicted molar refractivity (Wildman–Crippen MR) is 78.5 cm³/mol. The predicted octanol–water partition coefficient (Wildman–Crippen LogP) is 3.12. The molecule has 0 aliphatic heterocycles. The molecule has 0 amide bonds. The number of aliphatic carboxylic acids is 1. The minimum Gasteiger partial charge on any atom is -0.508 e. The Bertz CT molecular complexity index is 556. The van der Waals surface area contributed by atoms with E-state index in [0.717, 1.165) is 11.6 Å². The first-order valence-corrected chi connectivity index (χ1v) is 6.72. The molecule has 114 valence electrons. The monoisotopic (exact) mass is 292 g/mol. The van der Waals surface area contributed by atoms with Crippen LogP contribution in [0.2, 0.25) is 0 Å². The summed E-state index contributed by atoms with van der Waals surface area (Å²) in [5.74, 6) is -2.74. The van der Waals surface area contributed by atoms with Gasteiger partial charge in [-0.3, -0.25) is 9.59 Å². The van der Waals surface area contributed by atoms with Crippen molar-refractivity contribution < 1.29 is 24.9 Å². The number of allylic oxidation sites excluding steroid dienone is 2. The van der Waals surface area contributed by atoms with Crippen LogP contribution < -0.4 is 0 Å². The lowest BCUT2D eigenvalue weighted by Gasteiger charge is -2.11. The second-order valence-corrected chi connectivity index (χ2v) is 5.22. The summed E-state index contributed by atoms with van der Waals surface area (Å²) in [7, 11) is 0. The smallest absolute Gasteiger partial charge is 0.306 e. The third-order valence-electron chi connectivity index (χ3n) is 3.13. The van der Waals surface area contributed by atoms with E-state index in [-0.39, 0.29) is 23.5 Å². The standard InChI is InChI=1S/C16H20O5/c1-10(2)4-3-5-11(16(20)21)8-15(19)13-9-12(17)6-7-14(13)18/h4,6-7,9,11,17-18H,3,5,8H2,1-2H3,(H,20,21)/t11-/m1/s1. The molecule has 0 bridgehead atoms. The molecule has 0 saturated heterocycles. The number of carbonyl (C=O) groups is 2. The van der Waals surface area contributed by atoms with Gasteiger partial charge in [0.15, 0.2) is 5.78 Å². The van der Waals surface area contributed by atoms with Crippen LogP contribution in [0.3, 0.4) is 0 Å². The van der Waals surface area contributed by atoms with Crippen LogP contribution in [0.1, 0.15) is 43.5 Å². The molecule has 0 aromatic heterocycles. The number of Topliss-reactive ketones (excluding diaryl/α,β-unsaturated/α-hetero) is 1. The minimum atomic E-state index is -1.04. The summed E-state index contributed by atoms with van der Waals surface area (Å²) < 4.78 is 0. The van der Waals surface area contributed by atoms with E-state index in [0.29, 0.717) is 12.8 Å². The molecule has 0 heterocycles. The van der Waals surface area contributed by atoms with Crippen molar-refractivity contribution in [3.63, 3.8) is 0 Å². The Morgan fingerprint density at radius 2 is 1.90 bits per heavy atom. The normalized spacial score (nSPS) is 11.7. The number of carbonyl (C=O) groups excluding carboxylic acids is 1. The van der Waals surface area contributed by atoms with Crippen molar-refractivity contribution in [1.29, 1.82) is 0 Å². The maximum atomic E-state index is 12.1. The summed E-state index contributed by atoms with van der Waals surface area (Å²) in [6, 6.07) is 3.61. The Balaban J connectivity index is 2.79. The van der Waals surface area contributed by atoms with Gasteiger partial charge in [-0.05, 0) is 44.9 Å². The molecule has 1 aromatic rings. The zero-order chi connectivity index (χ0) is 16.0. The van der Waals surface area contributed by atoms with Crippen molar-refractivity contribution >= 4 is 11.8 Å². The van der Waals surface area contributed by atoms with Crippen LogP contribution in [0.4, 0.5) is 0 Å². The zero-order valence-corrected chi connectivity index (χ0v) is 12.2. The van der Waals surface area contributed by atoms with Gasteiger partial charge in [0.1, 0.15) is 11.5 Å². The second kappa shape index (κ2) is 7.47. The summed E-state index contributed by atoms with van der Waals surface area (Å²) in [5.41, 5.74) is 1.04. The van der Waals surface area contributed by atoms with Gasteiger partial charge in [0, 0.05) is 6.42 Å². The fourth-order valence-corrected chi connectivity index (χ4v) is 1.97. The molecule has 0 fully saturated rings. The van der Waals surface area contributed by atoms with Crippen LogP contribution >= 0.6 is 0 Å². The lowest BCUT2D eigenvalue weighted by Crippen LogP contribution is -2.18. The Morgan fingerprint density at radius 3 is 2.48 bits per heavy atom. The van der Waals surface area contributed by atoms with Crippen molar-refractivity contribution in [1.82, 2.24) is 0 Å². The molecule has 3 N–H and O–H groups in total. The van der Waals surface area contributed by atoms with E-state index in [9.17, 15) is 24.9 Å². The van der Waals surface area contributed by atoms with E-state index in [1.54, 1.807) is 0 Å². The Kier molecular flexibility index (Phi) is 5.96. The number of phenols is 2. The lowest BCUT2D eigenvalue weighted by molar-refractivity contribution is -0.141. The highest BCUT2D eigenvalue weighted by Gasteiger charge is 2.23. The molecule has 0 aliphatic rings. The van der Waals surface area contributed by atoms with Crippen LogP contribution in [0.5, 0.6) is 11.5 Å². The fraction of sp³-hybridized carbons (Fsp3) is 0.375. The molecule has 1 aromatic carbocycles. The summed E-state index contributed by atoms with van der Waals surface area (Å²) >= 11 is 0. The van der Waals surface area contributed by atoms with Gasteiger partial charge >= 0.3 is 5.97 Å². The van der Waals surface area contributed by atoms with Gasteiger partial charge in [-0.1, -0.05) is 11.6 Å². The molecule has 21 heavy (non-hydrogen) atoms. The summed E-state index contributed by atoms with van der Waals surface area (Å²) in [6.07, 6.45) is 2.65. The van der Waals surface area contributed by atoms with E-state index in [2.05, 4.69) is 0 Å². The first-order valence-electron chi connectivity index (χ1n) is 6.72. The van der Waals surface area contributed by atoms with E-state index >= 15 is 0 Å². The Hall–Kier alpha value is -2.30. The highest BCUT2D eigenvalue weighted by molar-refractivity contribution is 6.00. The molecule has 1 rings (SSSR count). The molecule has 0 saturated carbocycles. The number of benzene rings is 1. The van der Waals surface area contributed by atoms with Crippen molar-refractivity contribution in [2.24, 2.45) is 5.92 Å². The number of hydrogen-bond donors (Lipinski definition) is 3. The summed E-state index contributed by atoms with van der Waals surface area (Å²) in [6.45, 7) is 3.84. The van der Waals surface area contributed by atoms with E-state index in [4.69, 9.17) is 0 Å². The van der Waals surface area contributed by atoms with E-state index in [1.165, 1.54) is 12.1 Å². The molecule has 5 heteroatoms. The number of hydrogen-bond acceptors (Lipinski definition) is 4. The lowest BCUT2D eigenvalue weighted by atomic mass is 9.93. The van der Waals surface area contributed by atoms with Crippen molar-refractivity contribution in [2.75, 3.05) is 0 Å². The second-order valence-electron chi connectivity index (χ2n) is 5.22. The Labute approximate surface area is 123 Å². The molecule has 0 spiro atoms. The average Bonchev–Trinajstić information content (AvgIpc) is 2.39. The summed E-state index contributed by atoms with van der Waals surface area (Å²) in [5, 5.41) is 28.1. The van der Waals surface area contributed by atoms with Gasteiger partial charge in [0.2, 0.25) is 0 Å². The molecule has 0 aliphatic carbocycles. The molecule has 5 nitrogen and oxygen atoms in total. The third-order valence-corrected chi connectivity index (χ3v) is 3.13. The highest BCUT2D eigenvalue weighted by atomic mass is 16.4. The van der Waals surface area contributed by atoms with Gasteiger partial charge < -0.3 is 15.3 Å². The summed E-state index contributed by atoms with van der Waals surface area (Å²) in [4.78, 5) is 23.3. The maximum Gasteiger partial charge on any atom is 0.306 e. The van der Waals surface area contributed by atoms with Crippen molar-refractivity contribution in [3.8, 4) is 11.5 Å². The number of rotatable bonds is 7. The fourth-order valence-electron chi connectivity index (χ4n) is 1.97. The van der Waals surface area contributed by atoms with Gasteiger partial charge in [-0.15, -0.1) is 0 Å². The van der Waals surface area contributed by atoms with Crippen LogP contribution in [0.15, 0.2) is 29.8 Å². The van der Waals surface area contributed by atoms with Crippen LogP contribution in [0.25, 0.3) is 0 Å². The number of carboxylic acid groups (broad SMARTS) is 1. The first kappa shape index (κ1) is 16.8. The van der Waals surface area contributed by atoms with Gasteiger partial charge in [-0.2, -0.15) is 0 Å². The van der Waals surface area contributed by atoms with Crippen LogP contribution in [0, 0.1) is 5.92 Å². The SMILES string of the molecule is CC(C)=CCC[C@H](CC(=O)c1cc(O)ccc1O)C(=O)O. The topological polar surface area (TPSA) is 94.8 Å². The number of ketones is 1. The average molecular weight is 292 g/mol. The molecular weight excluding hydrogens is 272 g/mol. The highest BCUT2D eigenvalue weighted by Crippen LogP contribution is 2.25. The van der Waals surface area contributed by atoms with E-state index in [1.807, 2.05) is 19.9 Å². The third kappa shape index (κ3) is 5.30. The molecule has 0 unspecified atom stereocenters. The first-order chi connectivity index (χ1) is 9.81. The van der Waals surface area contributed by atoms with Crippen molar-refractivity contribution in [2.45, 2.75) is 33.1 Å². The number of carboxylic acids is 1. The van der Waals surface area contributed by atoms with Crippen LogP contribution in [-0.4, -0.2) is 27.1 Å². The number of phenolic OH excluding ortho intramolecular Hbond substituents is 2. The van der Waals surface area contributed by atoms with Gasteiger partial charge in [0.25, 0.3) is 0 Å². The zero-order valence-electron chi connectivity index (χ0n) is 12.2. The number of aromatic hydroxyl groups is 2. The van der Waals surface area contributed by atoms with Crippen molar-refractivity contribution in [3.05, 3.63) is 35.4 Å². The Morgan fingerprint density at radius 1 is 1.24 bits per heavy atom. The molecule has 0 radical (unpaired) electrons. The minimum absolute atomic E-state index is 0.0523.